The number of carbonyl (C=O) groups excluding carboxylic acids is 2. The standard InChI is InChI=1S/C17H13Cl2NO2/c1-10-15(11-5-3-2-4-6-11)17(22)20(16(10)21)14-8-12(18)7-13(19)9-14/h2-10,15H,1H3/t10?,15-/m1/s1. The van der Waals surface area contributed by atoms with Crippen molar-refractivity contribution in [3.63, 3.8) is 0 Å². The minimum Gasteiger partial charge on any atom is -0.274 e. The Bertz CT molecular complexity index is 725. The van der Waals surface area contributed by atoms with E-state index in [4.69, 9.17) is 23.2 Å². The Kier molecular flexibility index (Phi) is 3.94. The minimum absolute atomic E-state index is 0.239. The van der Waals surface area contributed by atoms with Crippen LogP contribution in [0, 0.1) is 5.92 Å². The van der Waals surface area contributed by atoms with Gasteiger partial charge in [0.05, 0.1) is 17.5 Å². The van der Waals surface area contributed by atoms with Crippen LogP contribution in [-0.4, -0.2) is 11.8 Å². The molecule has 2 aromatic carbocycles. The molecule has 1 heterocycles. The lowest BCUT2D eigenvalue weighted by Gasteiger charge is -2.15. The van der Waals surface area contributed by atoms with E-state index in [-0.39, 0.29) is 11.8 Å². The zero-order valence-electron chi connectivity index (χ0n) is 11.8. The van der Waals surface area contributed by atoms with Crippen molar-refractivity contribution in [2.24, 2.45) is 5.92 Å². The maximum atomic E-state index is 12.8. The molecule has 0 bridgehead atoms. The number of carbonyl (C=O) groups is 2. The molecule has 1 saturated heterocycles. The first-order valence-electron chi connectivity index (χ1n) is 6.88. The summed E-state index contributed by atoms with van der Waals surface area (Å²) in [4.78, 5) is 26.5. The summed E-state index contributed by atoms with van der Waals surface area (Å²) in [6, 6.07) is 14.0. The lowest BCUT2D eigenvalue weighted by atomic mass is 9.89. The summed E-state index contributed by atoms with van der Waals surface area (Å²) < 4.78 is 0. The molecule has 0 radical (unpaired) electrons. The fourth-order valence-electron chi connectivity index (χ4n) is 2.82. The van der Waals surface area contributed by atoms with Crippen molar-refractivity contribution < 1.29 is 9.59 Å². The molecular formula is C17H13Cl2NO2. The average molecular weight is 334 g/mol. The molecule has 1 aliphatic heterocycles. The van der Waals surface area contributed by atoms with E-state index in [0.717, 1.165) is 5.56 Å². The van der Waals surface area contributed by atoms with Crippen molar-refractivity contribution in [1.29, 1.82) is 0 Å². The van der Waals surface area contributed by atoms with Crippen molar-refractivity contribution in [2.45, 2.75) is 12.8 Å². The first-order chi connectivity index (χ1) is 10.5. The van der Waals surface area contributed by atoms with Gasteiger partial charge >= 0.3 is 0 Å². The molecule has 0 spiro atoms. The predicted octanol–water partition coefficient (Wildman–Crippen LogP) is 4.29. The highest BCUT2D eigenvalue weighted by molar-refractivity contribution is 6.35. The normalized spacial score (nSPS) is 21.5. The molecular weight excluding hydrogens is 321 g/mol. The highest BCUT2D eigenvalue weighted by atomic mass is 35.5. The van der Waals surface area contributed by atoms with Gasteiger partial charge in [0.1, 0.15) is 0 Å². The van der Waals surface area contributed by atoms with Gasteiger partial charge in [0, 0.05) is 10.0 Å². The number of halogens is 2. The summed E-state index contributed by atoms with van der Waals surface area (Å²) in [6.45, 7) is 1.77. The second-order valence-electron chi connectivity index (χ2n) is 5.32. The molecule has 2 amide bonds. The minimum atomic E-state index is -0.480. The van der Waals surface area contributed by atoms with Crippen LogP contribution in [0.4, 0.5) is 5.69 Å². The number of amides is 2. The maximum Gasteiger partial charge on any atom is 0.242 e. The second-order valence-corrected chi connectivity index (χ2v) is 6.19. The van der Waals surface area contributed by atoms with Crippen LogP contribution in [0.15, 0.2) is 48.5 Å². The fraction of sp³-hybridized carbons (Fsp3) is 0.176. The van der Waals surface area contributed by atoms with Crippen LogP contribution >= 0.6 is 23.2 Å². The average Bonchev–Trinajstić information content (AvgIpc) is 2.69. The van der Waals surface area contributed by atoms with Gasteiger partial charge in [-0.15, -0.1) is 0 Å². The number of rotatable bonds is 2. The molecule has 5 heteroatoms. The van der Waals surface area contributed by atoms with Crippen molar-refractivity contribution in [2.75, 3.05) is 4.90 Å². The summed E-state index contributed by atoms with van der Waals surface area (Å²) in [5.74, 6) is -1.39. The number of hydrogen-bond acceptors (Lipinski definition) is 2. The van der Waals surface area contributed by atoms with Crippen LogP contribution < -0.4 is 4.90 Å². The van der Waals surface area contributed by atoms with Crippen LogP contribution in [0.25, 0.3) is 0 Å². The lowest BCUT2D eigenvalue weighted by Crippen LogP contribution is -2.30. The second kappa shape index (κ2) is 5.75. The summed E-state index contributed by atoms with van der Waals surface area (Å²) in [5, 5.41) is 0.776. The Morgan fingerprint density at radius 3 is 2.09 bits per heavy atom. The monoisotopic (exact) mass is 333 g/mol. The van der Waals surface area contributed by atoms with Gasteiger partial charge < -0.3 is 0 Å². The summed E-state index contributed by atoms with van der Waals surface area (Å²) in [7, 11) is 0. The van der Waals surface area contributed by atoms with Crippen molar-refractivity contribution in [1.82, 2.24) is 0 Å². The van der Waals surface area contributed by atoms with Gasteiger partial charge in [-0.1, -0.05) is 60.5 Å². The Hall–Kier alpha value is -1.84. The molecule has 3 nitrogen and oxygen atoms in total. The lowest BCUT2D eigenvalue weighted by molar-refractivity contribution is -0.122. The van der Waals surface area contributed by atoms with E-state index in [1.54, 1.807) is 25.1 Å². The van der Waals surface area contributed by atoms with E-state index in [2.05, 4.69) is 0 Å². The van der Waals surface area contributed by atoms with Crippen LogP contribution in [0.5, 0.6) is 0 Å². The van der Waals surface area contributed by atoms with E-state index >= 15 is 0 Å². The fourth-order valence-corrected chi connectivity index (χ4v) is 3.34. The first kappa shape index (κ1) is 15.1. The van der Waals surface area contributed by atoms with Crippen molar-refractivity contribution >= 4 is 40.7 Å². The molecule has 112 valence electrons. The quantitative estimate of drug-likeness (QED) is 0.769. The van der Waals surface area contributed by atoms with Crippen LogP contribution in [0.1, 0.15) is 18.4 Å². The van der Waals surface area contributed by atoms with Crippen LogP contribution in [-0.2, 0) is 9.59 Å². The summed E-state index contributed by atoms with van der Waals surface area (Å²) in [6.07, 6.45) is 0. The molecule has 22 heavy (non-hydrogen) atoms. The molecule has 1 aliphatic rings. The molecule has 1 fully saturated rings. The van der Waals surface area contributed by atoms with Gasteiger partial charge in [-0.25, -0.2) is 4.90 Å². The zero-order valence-corrected chi connectivity index (χ0v) is 13.3. The molecule has 2 aromatic rings. The topological polar surface area (TPSA) is 37.4 Å². The maximum absolute atomic E-state index is 12.8. The Morgan fingerprint density at radius 1 is 0.909 bits per heavy atom. The van der Waals surface area contributed by atoms with E-state index in [1.165, 1.54) is 4.90 Å². The predicted molar refractivity (Wildman–Crippen MR) is 87.3 cm³/mol. The first-order valence-corrected chi connectivity index (χ1v) is 7.63. The number of imide groups is 1. The molecule has 0 aliphatic carbocycles. The SMILES string of the molecule is CC1C(=O)N(c2cc(Cl)cc(Cl)c2)C(=O)[C@H]1c1ccccc1. The molecule has 2 atom stereocenters. The molecule has 0 N–H and O–H groups in total. The van der Waals surface area contributed by atoms with Gasteiger partial charge in [0.15, 0.2) is 0 Å². The highest BCUT2D eigenvalue weighted by Crippen LogP contribution is 2.38. The third kappa shape index (κ3) is 2.51. The molecule has 0 aromatic heterocycles. The third-order valence-electron chi connectivity index (χ3n) is 3.86. The van der Waals surface area contributed by atoms with Gasteiger partial charge in [0.25, 0.3) is 0 Å². The number of hydrogen-bond donors (Lipinski definition) is 0. The van der Waals surface area contributed by atoms with E-state index in [9.17, 15) is 9.59 Å². The Morgan fingerprint density at radius 2 is 1.50 bits per heavy atom. The van der Waals surface area contributed by atoms with Gasteiger partial charge in [-0.05, 0) is 23.8 Å². The number of nitrogens with zero attached hydrogens (tertiary/aromatic N) is 1. The molecule has 1 unspecified atom stereocenters. The van der Waals surface area contributed by atoms with E-state index in [0.29, 0.717) is 15.7 Å². The molecule has 0 saturated carbocycles. The van der Waals surface area contributed by atoms with Gasteiger partial charge in [-0.3, -0.25) is 9.59 Å². The van der Waals surface area contributed by atoms with Crippen molar-refractivity contribution in [3.05, 3.63) is 64.1 Å². The number of anilines is 1. The Labute approximate surface area is 138 Å². The van der Waals surface area contributed by atoms with Gasteiger partial charge in [0.2, 0.25) is 11.8 Å². The largest absolute Gasteiger partial charge is 0.274 e. The summed E-state index contributed by atoms with van der Waals surface area (Å²) >= 11 is 12.0. The van der Waals surface area contributed by atoms with E-state index in [1.807, 2.05) is 30.3 Å². The van der Waals surface area contributed by atoms with Gasteiger partial charge in [-0.2, -0.15) is 0 Å². The van der Waals surface area contributed by atoms with E-state index < -0.39 is 11.8 Å². The Balaban J connectivity index is 2.04. The van der Waals surface area contributed by atoms with Crippen LogP contribution in [0.2, 0.25) is 10.0 Å². The molecule has 3 rings (SSSR count). The third-order valence-corrected chi connectivity index (χ3v) is 4.30. The van der Waals surface area contributed by atoms with Crippen LogP contribution in [0.3, 0.4) is 0 Å². The summed E-state index contributed by atoms with van der Waals surface area (Å²) in [5.41, 5.74) is 1.25. The number of benzene rings is 2. The highest BCUT2D eigenvalue weighted by Gasteiger charge is 2.46. The zero-order chi connectivity index (χ0) is 15.9. The smallest absolute Gasteiger partial charge is 0.242 e. The van der Waals surface area contributed by atoms with Crippen molar-refractivity contribution in [3.8, 4) is 0 Å².